The van der Waals surface area contributed by atoms with Crippen LogP contribution in [0.25, 0.3) is 0 Å². The fourth-order valence-corrected chi connectivity index (χ4v) is 2.54. The van der Waals surface area contributed by atoms with E-state index in [0.29, 0.717) is 24.3 Å². The van der Waals surface area contributed by atoms with Gasteiger partial charge in [-0.15, -0.1) is 0 Å². The van der Waals surface area contributed by atoms with Gasteiger partial charge in [0.2, 0.25) is 12.3 Å². The average molecular weight is 308 g/mol. The Labute approximate surface area is 128 Å². The van der Waals surface area contributed by atoms with E-state index in [4.69, 9.17) is 9.25 Å². The van der Waals surface area contributed by atoms with E-state index < -0.39 is 11.5 Å². The third-order valence-electron chi connectivity index (χ3n) is 4.05. The zero-order chi connectivity index (χ0) is 16.1. The summed E-state index contributed by atoms with van der Waals surface area (Å²) in [5.41, 5.74) is 0.182. The second-order valence-corrected chi connectivity index (χ2v) is 5.38. The van der Waals surface area contributed by atoms with Crippen molar-refractivity contribution < 1.29 is 18.8 Å². The van der Waals surface area contributed by atoms with Crippen LogP contribution < -0.4 is 16.0 Å². The number of aryl methyl sites for hydroxylation is 1. The number of carbonyl (C=O) groups excluding carboxylic acids is 2. The third-order valence-corrected chi connectivity index (χ3v) is 4.05. The highest BCUT2D eigenvalue weighted by molar-refractivity contribution is 6.04. The highest BCUT2D eigenvalue weighted by Crippen LogP contribution is 2.31. The second-order valence-electron chi connectivity index (χ2n) is 5.38. The molecule has 0 saturated heterocycles. The van der Waals surface area contributed by atoms with E-state index in [1.807, 2.05) is 0 Å². The van der Waals surface area contributed by atoms with E-state index in [2.05, 4.69) is 5.32 Å². The van der Waals surface area contributed by atoms with Crippen molar-refractivity contribution in [3.05, 3.63) is 27.6 Å². The van der Waals surface area contributed by atoms with Gasteiger partial charge in [0.05, 0.1) is 7.11 Å². The van der Waals surface area contributed by atoms with Gasteiger partial charge >= 0.3 is 5.63 Å². The minimum Gasteiger partial charge on any atom is -0.403 e. The van der Waals surface area contributed by atoms with Crippen LogP contribution in [0.4, 0.5) is 5.88 Å². The second kappa shape index (κ2) is 7.22. The highest BCUT2D eigenvalue weighted by atomic mass is 16.7. The Bertz CT molecular complexity index is 606. The highest BCUT2D eigenvalue weighted by Gasteiger charge is 2.24. The number of hydrogen-bond donors (Lipinski definition) is 1. The number of nitrogens with one attached hydrogen (secondary N) is 1. The van der Waals surface area contributed by atoms with Crippen LogP contribution in [0.3, 0.4) is 0 Å². The normalized spacial score (nSPS) is 14.3. The van der Waals surface area contributed by atoms with Crippen LogP contribution in [0, 0.1) is 5.92 Å². The van der Waals surface area contributed by atoms with Crippen LogP contribution in [0.15, 0.2) is 15.3 Å². The molecule has 2 rings (SSSR count). The molecule has 0 atom stereocenters. The smallest absolute Gasteiger partial charge is 0.337 e. The first-order valence-electron chi connectivity index (χ1n) is 7.26. The molecule has 7 heteroatoms. The zero-order valence-corrected chi connectivity index (χ0v) is 12.8. The van der Waals surface area contributed by atoms with Crippen molar-refractivity contribution in [1.29, 1.82) is 0 Å². The van der Waals surface area contributed by atoms with E-state index in [9.17, 15) is 14.4 Å². The molecule has 1 heterocycles. The summed E-state index contributed by atoms with van der Waals surface area (Å²) in [5.74, 6) is 0.0250. The maximum Gasteiger partial charge on any atom is 0.337 e. The first kappa shape index (κ1) is 16.2. The van der Waals surface area contributed by atoms with Gasteiger partial charge in [-0.2, -0.15) is 0 Å². The number of nitrogens with zero attached hydrogens (tertiary/aromatic N) is 1. The number of carbonyl (C=O) groups is 2. The van der Waals surface area contributed by atoms with Gasteiger partial charge in [-0.25, -0.2) is 9.86 Å². The van der Waals surface area contributed by atoms with Crippen LogP contribution in [0.5, 0.6) is 0 Å². The van der Waals surface area contributed by atoms with Gasteiger partial charge in [-0.1, -0.05) is 19.3 Å². The fraction of sp³-hybridized carbons (Fsp3) is 0.533. The topological polar surface area (TPSA) is 88.8 Å². The van der Waals surface area contributed by atoms with Crippen LogP contribution >= 0.6 is 0 Å². The van der Waals surface area contributed by atoms with E-state index in [-0.39, 0.29) is 11.4 Å². The van der Waals surface area contributed by atoms with Gasteiger partial charge in [0.25, 0.3) is 5.91 Å². The number of hydrogen-bond acceptors (Lipinski definition) is 6. The molecule has 2 amide bonds. The van der Waals surface area contributed by atoms with Crippen molar-refractivity contribution in [2.75, 3.05) is 19.2 Å². The Morgan fingerprint density at radius 3 is 2.82 bits per heavy atom. The average Bonchev–Trinajstić information content (AvgIpc) is 2.44. The molecule has 120 valence electrons. The minimum atomic E-state index is -0.610. The molecule has 22 heavy (non-hydrogen) atoms. The van der Waals surface area contributed by atoms with Gasteiger partial charge < -0.3 is 4.42 Å². The molecule has 7 nitrogen and oxygen atoms in total. The molecule has 1 aliphatic carbocycles. The van der Waals surface area contributed by atoms with Crippen molar-refractivity contribution in [1.82, 2.24) is 5.32 Å². The van der Waals surface area contributed by atoms with Crippen molar-refractivity contribution in [2.24, 2.45) is 5.92 Å². The molecular formula is C15H20N2O5. The van der Waals surface area contributed by atoms with Gasteiger partial charge in [0, 0.05) is 13.1 Å². The Kier molecular flexibility index (Phi) is 5.32. The molecule has 0 unspecified atom stereocenters. The Hall–Kier alpha value is -2.15. The zero-order valence-electron chi connectivity index (χ0n) is 12.8. The van der Waals surface area contributed by atoms with E-state index in [1.54, 1.807) is 0 Å². The van der Waals surface area contributed by atoms with Crippen LogP contribution in [0.1, 0.15) is 41.6 Å². The summed E-state index contributed by atoms with van der Waals surface area (Å²) in [6.07, 6.45) is 5.39. The molecule has 1 fully saturated rings. The molecule has 0 radical (unpaired) electrons. The van der Waals surface area contributed by atoms with Gasteiger partial charge in [0.1, 0.15) is 5.56 Å². The predicted octanol–water partition coefficient (Wildman–Crippen LogP) is 1.26. The first-order chi connectivity index (χ1) is 10.6. The van der Waals surface area contributed by atoms with E-state index in [0.717, 1.165) is 6.42 Å². The summed E-state index contributed by atoms with van der Waals surface area (Å²) in [5, 5.41) is 3.28. The van der Waals surface area contributed by atoms with Crippen LogP contribution in [-0.2, 0) is 16.1 Å². The summed E-state index contributed by atoms with van der Waals surface area (Å²) < 4.78 is 5.08. The quantitative estimate of drug-likeness (QED) is 0.602. The van der Waals surface area contributed by atoms with Crippen molar-refractivity contribution >= 4 is 18.2 Å². The standard InChI is InChI=1S/C15H20N2O5/c1-17(21-2)15-13(14(20)16-9-18)11(8-12(19)22-15)7-6-10-4-3-5-10/h8-10H,3-7H2,1-2H3,(H,16,18,20). The maximum atomic E-state index is 12.2. The Balaban J connectivity index is 2.38. The lowest BCUT2D eigenvalue weighted by Gasteiger charge is -2.25. The van der Waals surface area contributed by atoms with Gasteiger partial charge in [0.15, 0.2) is 0 Å². The summed E-state index contributed by atoms with van der Waals surface area (Å²) in [6.45, 7) is 0. The van der Waals surface area contributed by atoms with Crippen molar-refractivity contribution in [3.63, 3.8) is 0 Å². The summed E-state index contributed by atoms with van der Waals surface area (Å²) in [7, 11) is 2.91. The summed E-state index contributed by atoms with van der Waals surface area (Å²) >= 11 is 0. The molecule has 1 aliphatic rings. The van der Waals surface area contributed by atoms with E-state index in [1.165, 1.54) is 44.5 Å². The number of anilines is 1. The van der Waals surface area contributed by atoms with Gasteiger partial charge in [-0.05, 0) is 24.3 Å². The molecule has 0 aliphatic heterocycles. The molecule has 1 N–H and O–H groups in total. The van der Waals surface area contributed by atoms with Crippen molar-refractivity contribution in [3.8, 4) is 0 Å². The maximum absolute atomic E-state index is 12.2. The Morgan fingerprint density at radius 1 is 1.55 bits per heavy atom. The monoisotopic (exact) mass is 308 g/mol. The lowest BCUT2D eigenvalue weighted by molar-refractivity contribution is -0.108. The fourth-order valence-electron chi connectivity index (χ4n) is 2.54. The molecule has 1 aromatic heterocycles. The minimum absolute atomic E-state index is 0.00189. The molecule has 1 aromatic rings. The first-order valence-corrected chi connectivity index (χ1v) is 7.26. The largest absolute Gasteiger partial charge is 0.403 e. The van der Waals surface area contributed by atoms with E-state index >= 15 is 0 Å². The number of imide groups is 1. The lowest BCUT2D eigenvalue weighted by atomic mass is 9.81. The molecule has 0 spiro atoms. The molecular weight excluding hydrogens is 288 g/mol. The third kappa shape index (κ3) is 3.54. The predicted molar refractivity (Wildman–Crippen MR) is 79.6 cm³/mol. The van der Waals surface area contributed by atoms with Crippen molar-refractivity contribution in [2.45, 2.75) is 32.1 Å². The molecule has 0 bridgehead atoms. The van der Waals surface area contributed by atoms with Crippen LogP contribution in [-0.4, -0.2) is 26.5 Å². The molecule has 1 saturated carbocycles. The lowest BCUT2D eigenvalue weighted by Crippen LogP contribution is -2.28. The van der Waals surface area contributed by atoms with Crippen LogP contribution in [0.2, 0.25) is 0 Å². The number of rotatable bonds is 7. The number of amides is 2. The SMILES string of the molecule is CON(C)c1oc(=O)cc(CCC2CCC2)c1C(=O)NC=O. The molecule has 0 aromatic carbocycles. The number of hydroxylamine groups is 1. The van der Waals surface area contributed by atoms with Gasteiger partial charge in [-0.3, -0.25) is 19.7 Å². The summed E-state index contributed by atoms with van der Waals surface area (Å²) in [4.78, 5) is 39.5. The Morgan fingerprint density at radius 2 is 2.27 bits per heavy atom. The summed E-state index contributed by atoms with van der Waals surface area (Å²) in [6, 6.07) is 1.31.